The molecule has 21 heavy (non-hydrogen) atoms. The highest BCUT2D eigenvalue weighted by atomic mass is 15.0. The Morgan fingerprint density at radius 2 is 1.67 bits per heavy atom. The monoisotopic (exact) mass is 278 g/mol. The summed E-state index contributed by atoms with van der Waals surface area (Å²) >= 11 is 0. The van der Waals surface area contributed by atoms with Crippen molar-refractivity contribution in [2.24, 2.45) is 5.73 Å². The molecule has 0 heterocycles. The molecule has 3 N–H and O–H groups in total. The van der Waals surface area contributed by atoms with Gasteiger partial charge in [-0.05, 0) is 42.0 Å². The quantitative estimate of drug-likeness (QED) is 0.838. The third-order valence-corrected chi connectivity index (χ3v) is 4.21. The number of hydrogen-bond donors (Lipinski definition) is 2. The van der Waals surface area contributed by atoms with Crippen molar-refractivity contribution in [2.45, 2.75) is 32.0 Å². The Hall–Kier alpha value is -1.90. The first-order valence-electron chi connectivity index (χ1n) is 7.59. The maximum Gasteiger partial charge on any atom is 0.0777 e. The van der Waals surface area contributed by atoms with E-state index in [1.807, 2.05) is 6.07 Å². The van der Waals surface area contributed by atoms with Crippen LogP contribution in [0.2, 0.25) is 0 Å². The molecule has 0 spiro atoms. The maximum atomic E-state index is 6.36. The molecule has 3 rings (SSSR count). The zero-order valence-corrected chi connectivity index (χ0v) is 12.4. The van der Waals surface area contributed by atoms with Crippen molar-refractivity contribution in [3.8, 4) is 0 Å². The highest BCUT2D eigenvalue weighted by Gasteiger charge is 2.17. The van der Waals surface area contributed by atoms with Crippen LogP contribution >= 0.6 is 0 Å². The lowest BCUT2D eigenvalue weighted by molar-refractivity contribution is 0.497. The number of benzene rings is 2. The van der Waals surface area contributed by atoms with Crippen molar-refractivity contribution in [1.29, 1.82) is 0 Å². The first-order chi connectivity index (χ1) is 10.2. The van der Waals surface area contributed by atoms with Crippen molar-refractivity contribution in [1.82, 2.24) is 5.32 Å². The molecule has 2 aromatic carbocycles. The molecule has 0 fully saturated rings. The summed E-state index contributed by atoms with van der Waals surface area (Å²) in [6, 6.07) is 19.2. The molecule has 1 aliphatic carbocycles. The van der Waals surface area contributed by atoms with Gasteiger partial charge in [-0.25, -0.2) is 0 Å². The molecule has 2 aromatic rings. The van der Waals surface area contributed by atoms with Crippen molar-refractivity contribution in [3.05, 3.63) is 76.9 Å². The van der Waals surface area contributed by atoms with Crippen molar-refractivity contribution < 1.29 is 0 Å². The average Bonchev–Trinajstić information content (AvgIpc) is 2.55. The van der Waals surface area contributed by atoms with Crippen molar-refractivity contribution >= 4 is 6.08 Å². The topological polar surface area (TPSA) is 38.0 Å². The number of fused-ring (bicyclic) bond motifs is 1. The summed E-state index contributed by atoms with van der Waals surface area (Å²) in [5, 5.41) is 3.51. The Labute approximate surface area is 126 Å². The van der Waals surface area contributed by atoms with Crippen LogP contribution in [0.3, 0.4) is 0 Å². The van der Waals surface area contributed by atoms with Gasteiger partial charge >= 0.3 is 0 Å². The molecule has 0 aliphatic heterocycles. The molecular formula is C19H22N2. The molecule has 0 saturated heterocycles. The zero-order chi connectivity index (χ0) is 14.7. The molecule has 0 aromatic heterocycles. The third-order valence-electron chi connectivity index (χ3n) is 4.21. The number of nitrogens with one attached hydrogen (secondary N) is 1. The number of aryl methyl sites for hydroxylation is 1. The molecule has 2 nitrogen and oxygen atoms in total. The van der Waals surface area contributed by atoms with Crippen molar-refractivity contribution in [2.75, 3.05) is 0 Å². The van der Waals surface area contributed by atoms with Crippen LogP contribution < -0.4 is 11.1 Å². The lowest BCUT2D eigenvalue weighted by Crippen LogP contribution is -2.41. The average molecular weight is 278 g/mol. The lowest BCUT2D eigenvalue weighted by atomic mass is 9.91. The van der Waals surface area contributed by atoms with Crippen LogP contribution in [-0.2, 0) is 6.42 Å². The molecular weight excluding hydrogens is 256 g/mol. The lowest BCUT2D eigenvalue weighted by Gasteiger charge is -2.25. The van der Waals surface area contributed by atoms with E-state index in [2.05, 4.69) is 66.8 Å². The minimum atomic E-state index is -0.0893. The first kappa shape index (κ1) is 14.1. The first-order valence-corrected chi connectivity index (χ1v) is 7.59. The molecule has 0 radical (unpaired) electrons. The van der Waals surface area contributed by atoms with Crippen LogP contribution in [0.25, 0.3) is 6.08 Å². The van der Waals surface area contributed by atoms with E-state index in [1.165, 1.54) is 22.3 Å². The van der Waals surface area contributed by atoms with E-state index in [9.17, 15) is 0 Å². The Bertz CT molecular complexity index is 631. The summed E-state index contributed by atoms with van der Waals surface area (Å²) in [5.41, 5.74) is 11.7. The van der Waals surface area contributed by atoms with E-state index in [4.69, 9.17) is 5.73 Å². The predicted octanol–water partition coefficient (Wildman–Crippen LogP) is 3.65. The van der Waals surface area contributed by atoms with Gasteiger partial charge in [-0.1, -0.05) is 60.7 Å². The van der Waals surface area contributed by atoms with Gasteiger partial charge in [0.05, 0.1) is 6.17 Å². The van der Waals surface area contributed by atoms with E-state index >= 15 is 0 Å². The summed E-state index contributed by atoms with van der Waals surface area (Å²) in [5.74, 6) is 0. The number of nitrogens with two attached hydrogens (primary N) is 1. The Morgan fingerprint density at radius 1 is 0.952 bits per heavy atom. The van der Waals surface area contributed by atoms with Crippen LogP contribution in [0.1, 0.15) is 36.1 Å². The van der Waals surface area contributed by atoms with Crippen LogP contribution in [0.4, 0.5) is 0 Å². The summed E-state index contributed by atoms with van der Waals surface area (Å²) in [6.07, 6.45) is 4.27. The molecule has 108 valence electrons. The molecule has 2 heteroatoms. The normalized spacial score (nSPS) is 16.8. The smallest absolute Gasteiger partial charge is 0.0777 e. The second-order valence-corrected chi connectivity index (χ2v) is 5.69. The summed E-state index contributed by atoms with van der Waals surface area (Å²) < 4.78 is 0. The van der Waals surface area contributed by atoms with E-state index < -0.39 is 0 Å². The van der Waals surface area contributed by atoms with E-state index in [-0.39, 0.29) is 12.2 Å². The Balaban J connectivity index is 1.72. The van der Waals surface area contributed by atoms with Crippen LogP contribution in [-0.4, -0.2) is 6.17 Å². The van der Waals surface area contributed by atoms with Crippen LogP contribution in [0.15, 0.2) is 60.2 Å². The largest absolute Gasteiger partial charge is 0.312 e. The van der Waals surface area contributed by atoms with E-state index in [1.54, 1.807) is 0 Å². The standard InChI is InChI=1S/C19H22N2/c1-14(15-7-3-2-4-8-15)21-19(20)18-12-11-16-9-5-6-10-17(16)13-18/h2-10,13-14,19,21H,11-12,20H2,1H3. The van der Waals surface area contributed by atoms with Gasteiger partial charge in [-0.2, -0.15) is 0 Å². The minimum Gasteiger partial charge on any atom is -0.312 e. The van der Waals surface area contributed by atoms with E-state index in [0.717, 1.165) is 12.8 Å². The van der Waals surface area contributed by atoms with Gasteiger partial charge in [0, 0.05) is 6.04 Å². The van der Waals surface area contributed by atoms with Gasteiger partial charge in [-0.3, -0.25) is 5.32 Å². The number of rotatable bonds is 4. The van der Waals surface area contributed by atoms with E-state index in [0.29, 0.717) is 0 Å². The Kier molecular flexibility index (Phi) is 4.18. The summed E-state index contributed by atoms with van der Waals surface area (Å²) in [6.45, 7) is 2.16. The molecule has 0 bridgehead atoms. The zero-order valence-electron chi connectivity index (χ0n) is 12.4. The van der Waals surface area contributed by atoms with Crippen LogP contribution in [0, 0.1) is 0 Å². The molecule has 0 amide bonds. The van der Waals surface area contributed by atoms with Crippen LogP contribution in [0.5, 0.6) is 0 Å². The second-order valence-electron chi connectivity index (χ2n) is 5.69. The number of hydrogen-bond acceptors (Lipinski definition) is 2. The molecule has 1 aliphatic rings. The van der Waals surface area contributed by atoms with Gasteiger partial charge in [0.1, 0.15) is 0 Å². The summed E-state index contributed by atoms with van der Waals surface area (Å²) in [4.78, 5) is 0. The third kappa shape index (κ3) is 3.23. The Morgan fingerprint density at radius 3 is 2.48 bits per heavy atom. The van der Waals surface area contributed by atoms with Gasteiger partial charge in [0.2, 0.25) is 0 Å². The van der Waals surface area contributed by atoms with Gasteiger partial charge in [0.25, 0.3) is 0 Å². The highest BCUT2D eigenvalue weighted by molar-refractivity contribution is 5.60. The van der Waals surface area contributed by atoms with Gasteiger partial charge in [0.15, 0.2) is 0 Å². The van der Waals surface area contributed by atoms with Gasteiger partial charge < -0.3 is 5.73 Å². The fourth-order valence-corrected chi connectivity index (χ4v) is 2.91. The summed E-state index contributed by atoms with van der Waals surface area (Å²) in [7, 11) is 0. The highest BCUT2D eigenvalue weighted by Crippen LogP contribution is 2.25. The maximum absolute atomic E-state index is 6.36. The van der Waals surface area contributed by atoms with Gasteiger partial charge in [-0.15, -0.1) is 0 Å². The minimum absolute atomic E-state index is 0.0893. The second kappa shape index (κ2) is 6.25. The predicted molar refractivity (Wildman–Crippen MR) is 88.7 cm³/mol. The molecule has 2 atom stereocenters. The molecule has 0 saturated carbocycles. The molecule has 2 unspecified atom stereocenters. The fraction of sp³-hybridized carbons (Fsp3) is 0.263. The van der Waals surface area contributed by atoms with Crippen molar-refractivity contribution in [3.63, 3.8) is 0 Å². The SMILES string of the molecule is CC(NC(N)C1=Cc2ccccc2CC1)c1ccccc1. The fourth-order valence-electron chi connectivity index (χ4n) is 2.91.